The number of amides is 2. The smallest absolute Gasteiger partial charge is 0.317 e. The second kappa shape index (κ2) is 8.57. The van der Waals surface area contributed by atoms with Crippen molar-refractivity contribution in [1.29, 1.82) is 0 Å². The summed E-state index contributed by atoms with van der Waals surface area (Å²) in [5.41, 5.74) is 2.57. The predicted octanol–water partition coefficient (Wildman–Crippen LogP) is 4.06. The molecule has 1 unspecified atom stereocenters. The van der Waals surface area contributed by atoms with Crippen LogP contribution in [0.1, 0.15) is 36.4 Å². The monoisotopic (exact) mass is 363 g/mol. The second-order valence-corrected chi connectivity index (χ2v) is 7.78. The quantitative estimate of drug-likeness (QED) is 0.870. The molecule has 1 saturated carbocycles. The Balaban J connectivity index is 1.32. The summed E-state index contributed by atoms with van der Waals surface area (Å²) < 4.78 is 0. The Morgan fingerprint density at radius 2 is 1.56 bits per heavy atom. The summed E-state index contributed by atoms with van der Waals surface area (Å²) in [7, 11) is 0. The molecule has 2 amide bonds. The number of carbonyl (C=O) groups is 1. The Kier molecular flexibility index (Phi) is 5.73. The molecule has 0 spiro atoms. The van der Waals surface area contributed by atoms with Gasteiger partial charge in [-0.3, -0.25) is 4.90 Å². The van der Waals surface area contributed by atoms with Crippen molar-refractivity contribution in [1.82, 2.24) is 15.1 Å². The molecule has 1 heterocycles. The summed E-state index contributed by atoms with van der Waals surface area (Å²) in [6.07, 6.45) is 3.71. The van der Waals surface area contributed by atoms with Crippen molar-refractivity contribution in [3.05, 3.63) is 71.8 Å². The fourth-order valence-electron chi connectivity index (χ4n) is 4.08. The minimum Gasteiger partial charge on any atom is -0.331 e. The lowest BCUT2D eigenvalue weighted by atomic mass is 9.77. The highest BCUT2D eigenvalue weighted by Crippen LogP contribution is 2.37. The zero-order valence-electron chi connectivity index (χ0n) is 15.9. The van der Waals surface area contributed by atoms with E-state index in [9.17, 15) is 4.79 Å². The Labute approximate surface area is 162 Å². The van der Waals surface area contributed by atoms with E-state index in [1.54, 1.807) is 0 Å². The average molecular weight is 364 g/mol. The van der Waals surface area contributed by atoms with E-state index in [1.807, 2.05) is 11.0 Å². The summed E-state index contributed by atoms with van der Waals surface area (Å²) in [5.74, 6) is 0.579. The maximum atomic E-state index is 12.9. The van der Waals surface area contributed by atoms with Crippen LogP contribution in [0, 0.1) is 5.92 Å². The normalized spacial score (nSPS) is 19.3. The molecule has 1 N–H and O–H groups in total. The van der Waals surface area contributed by atoms with Crippen molar-refractivity contribution in [2.45, 2.75) is 31.8 Å². The van der Waals surface area contributed by atoms with Crippen LogP contribution in [-0.4, -0.2) is 42.0 Å². The van der Waals surface area contributed by atoms with E-state index >= 15 is 0 Å². The average Bonchev–Trinajstić information content (AvgIpc) is 2.68. The third-order valence-electron chi connectivity index (χ3n) is 5.97. The molecule has 1 saturated heterocycles. The Bertz CT molecular complexity index is 722. The summed E-state index contributed by atoms with van der Waals surface area (Å²) in [6, 6.07) is 21.3. The van der Waals surface area contributed by atoms with Crippen LogP contribution in [0.25, 0.3) is 0 Å². The van der Waals surface area contributed by atoms with E-state index < -0.39 is 0 Å². The van der Waals surface area contributed by atoms with Crippen LogP contribution in [0.3, 0.4) is 0 Å². The minimum absolute atomic E-state index is 0.0927. The first-order valence-electron chi connectivity index (χ1n) is 10.2. The minimum atomic E-state index is 0.0927. The van der Waals surface area contributed by atoms with Crippen LogP contribution in [0.5, 0.6) is 0 Å². The fourth-order valence-corrected chi connectivity index (χ4v) is 4.08. The van der Waals surface area contributed by atoms with Crippen molar-refractivity contribution in [3.63, 3.8) is 0 Å². The molecule has 2 aliphatic rings. The maximum Gasteiger partial charge on any atom is 0.317 e. The lowest BCUT2D eigenvalue weighted by Crippen LogP contribution is -2.52. The molecular formula is C23H29N3O. The zero-order chi connectivity index (χ0) is 18.5. The molecule has 0 bridgehead atoms. The van der Waals surface area contributed by atoms with Crippen LogP contribution in [0.15, 0.2) is 60.7 Å². The molecule has 4 heteroatoms. The van der Waals surface area contributed by atoms with Gasteiger partial charge in [0.1, 0.15) is 0 Å². The Morgan fingerprint density at radius 3 is 2.15 bits per heavy atom. The molecule has 2 aromatic rings. The van der Waals surface area contributed by atoms with Crippen molar-refractivity contribution in [3.8, 4) is 0 Å². The first kappa shape index (κ1) is 18.1. The maximum absolute atomic E-state index is 12.9. The molecule has 4 rings (SSSR count). The molecule has 27 heavy (non-hydrogen) atoms. The summed E-state index contributed by atoms with van der Waals surface area (Å²) in [4.78, 5) is 17.3. The SMILES string of the molecule is O=C(NC(c1ccccc1)C1CCC1)N1CCN(Cc2ccccc2)CC1. The summed E-state index contributed by atoms with van der Waals surface area (Å²) in [6.45, 7) is 4.42. The van der Waals surface area contributed by atoms with E-state index in [2.05, 4.69) is 64.8 Å². The number of nitrogens with zero attached hydrogens (tertiary/aromatic N) is 2. The van der Waals surface area contributed by atoms with Gasteiger partial charge in [0.15, 0.2) is 0 Å². The summed E-state index contributed by atoms with van der Waals surface area (Å²) in [5, 5.41) is 3.34. The van der Waals surface area contributed by atoms with E-state index in [1.165, 1.54) is 30.4 Å². The van der Waals surface area contributed by atoms with Crippen LogP contribution in [0.2, 0.25) is 0 Å². The van der Waals surface area contributed by atoms with Gasteiger partial charge in [0, 0.05) is 32.7 Å². The Morgan fingerprint density at radius 1 is 0.926 bits per heavy atom. The van der Waals surface area contributed by atoms with E-state index in [0.29, 0.717) is 5.92 Å². The first-order chi connectivity index (χ1) is 13.3. The van der Waals surface area contributed by atoms with Gasteiger partial charge in [0.2, 0.25) is 0 Å². The fraction of sp³-hybridized carbons (Fsp3) is 0.435. The largest absolute Gasteiger partial charge is 0.331 e. The van der Waals surface area contributed by atoms with Gasteiger partial charge in [-0.1, -0.05) is 67.1 Å². The van der Waals surface area contributed by atoms with Gasteiger partial charge >= 0.3 is 6.03 Å². The number of hydrogen-bond acceptors (Lipinski definition) is 2. The molecule has 1 atom stereocenters. The summed E-state index contributed by atoms with van der Waals surface area (Å²) >= 11 is 0. The Hall–Kier alpha value is -2.33. The molecule has 2 fully saturated rings. The van der Waals surface area contributed by atoms with Crippen LogP contribution < -0.4 is 5.32 Å². The van der Waals surface area contributed by atoms with Crippen LogP contribution in [0.4, 0.5) is 4.79 Å². The molecule has 1 aliphatic heterocycles. The van der Waals surface area contributed by atoms with Gasteiger partial charge in [-0.15, -0.1) is 0 Å². The standard InChI is InChI=1S/C23H29N3O/c27-23(24-22(21-12-7-13-21)20-10-5-2-6-11-20)26-16-14-25(15-17-26)18-19-8-3-1-4-9-19/h1-6,8-11,21-22H,7,12-18H2,(H,24,27). The zero-order valence-corrected chi connectivity index (χ0v) is 15.9. The third-order valence-corrected chi connectivity index (χ3v) is 5.97. The second-order valence-electron chi connectivity index (χ2n) is 7.78. The number of hydrogen-bond donors (Lipinski definition) is 1. The first-order valence-corrected chi connectivity index (χ1v) is 10.2. The van der Waals surface area contributed by atoms with Gasteiger partial charge in [-0.25, -0.2) is 4.79 Å². The van der Waals surface area contributed by atoms with Crippen molar-refractivity contribution in [2.24, 2.45) is 5.92 Å². The van der Waals surface area contributed by atoms with E-state index in [0.717, 1.165) is 32.7 Å². The molecular weight excluding hydrogens is 334 g/mol. The van der Waals surface area contributed by atoms with Gasteiger partial charge in [-0.2, -0.15) is 0 Å². The van der Waals surface area contributed by atoms with Gasteiger partial charge in [-0.05, 0) is 29.9 Å². The molecule has 4 nitrogen and oxygen atoms in total. The van der Waals surface area contributed by atoms with E-state index in [4.69, 9.17) is 0 Å². The number of benzene rings is 2. The predicted molar refractivity (Wildman–Crippen MR) is 108 cm³/mol. The molecule has 142 valence electrons. The number of urea groups is 1. The lowest BCUT2D eigenvalue weighted by Gasteiger charge is -2.38. The lowest BCUT2D eigenvalue weighted by molar-refractivity contribution is 0.127. The molecule has 1 aliphatic carbocycles. The van der Waals surface area contributed by atoms with Gasteiger partial charge in [0.25, 0.3) is 0 Å². The van der Waals surface area contributed by atoms with Crippen molar-refractivity contribution in [2.75, 3.05) is 26.2 Å². The van der Waals surface area contributed by atoms with Gasteiger partial charge in [0.05, 0.1) is 6.04 Å². The number of nitrogens with one attached hydrogen (secondary N) is 1. The number of rotatable bonds is 5. The number of piperazine rings is 1. The third kappa shape index (κ3) is 4.51. The highest BCUT2D eigenvalue weighted by atomic mass is 16.2. The van der Waals surface area contributed by atoms with Crippen molar-refractivity contribution < 1.29 is 4.79 Å². The van der Waals surface area contributed by atoms with Gasteiger partial charge < -0.3 is 10.2 Å². The molecule has 0 aromatic heterocycles. The number of carbonyl (C=O) groups excluding carboxylic acids is 1. The highest BCUT2D eigenvalue weighted by molar-refractivity contribution is 5.75. The highest BCUT2D eigenvalue weighted by Gasteiger charge is 2.31. The van der Waals surface area contributed by atoms with E-state index in [-0.39, 0.29) is 12.1 Å². The topological polar surface area (TPSA) is 35.6 Å². The molecule has 2 aromatic carbocycles. The van der Waals surface area contributed by atoms with Crippen LogP contribution >= 0.6 is 0 Å². The van der Waals surface area contributed by atoms with Crippen LogP contribution in [-0.2, 0) is 6.54 Å². The molecule has 0 radical (unpaired) electrons. The van der Waals surface area contributed by atoms with Crippen molar-refractivity contribution >= 4 is 6.03 Å².